The van der Waals surface area contributed by atoms with Gasteiger partial charge in [-0.3, -0.25) is 9.59 Å². The second-order valence-corrected chi connectivity index (χ2v) is 3.58. The average molecular weight is 287 g/mol. The number of carbonyl (C=O) groups excluding carboxylic acids is 2. The molecule has 1 unspecified atom stereocenters. The van der Waals surface area contributed by atoms with Crippen LogP contribution in [0.5, 0.6) is 0 Å². The molecule has 0 aliphatic carbocycles. The predicted molar refractivity (Wildman–Crippen MR) is 62.6 cm³/mol. The average Bonchev–Trinajstić information content (AvgIpc) is 2.82. The zero-order chi connectivity index (χ0) is 15.3. The minimum atomic E-state index is -0.871. The maximum absolute atomic E-state index is 11.9. The zero-order valence-electron chi connectivity index (χ0n) is 11.0. The first-order valence-electron chi connectivity index (χ1n) is 5.38. The van der Waals surface area contributed by atoms with E-state index >= 15 is 0 Å². The Hall–Kier alpha value is -2.56. The molecule has 1 aromatic heterocycles. The van der Waals surface area contributed by atoms with Crippen LogP contribution in [-0.2, 0) is 20.8 Å². The highest BCUT2D eigenvalue weighted by atomic mass is 16.6. The van der Waals surface area contributed by atoms with Gasteiger partial charge < -0.3 is 24.9 Å². The van der Waals surface area contributed by atoms with Gasteiger partial charge in [-0.25, -0.2) is 0 Å². The largest absolute Gasteiger partial charge is 0.491 e. The van der Waals surface area contributed by atoms with Gasteiger partial charge in [0.1, 0.15) is 6.23 Å². The van der Waals surface area contributed by atoms with Gasteiger partial charge in [-0.2, -0.15) is 4.68 Å². The number of nitro groups is 1. The molecule has 0 radical (unpaired) electrons. The highest BCUT2D eigenvalue weighted by Crippen LogP contribution is 2.07. The molecule has 0 saturated heterocycles. The minimum absolute atomic E-state index is 0.383. The van der Waals surface area contributed by atoms with Crippen molar-refractivity contribution in [2.45, 2.75) is 19.7 Å². The molecule has 110 valence electrons. The van der Waals surface area contributed by atoms with E-state index in [0.717, 1.165) is 11.8 Å². The van der Waals surface area contributed by atoms with Gasteiger partial charge in [0, 0.05) is 12.2 Å². The first-order valence-corrected chi connectivity index (χ1v) is 5.38. The first kappa shape index (κ1) is 15.5. The molecular weight excluding hydrogens is 274 g/mol. The summed E-state index contributed by atoms with van der Waals surface area (Å²) < 4.78 is 10.0. The van der Waals surface area contributed by atoms with Crippen LogP contribution in [0.15, 0.2) is 0 Å². The summed E-state index contributed by atoms with van der Waals surface area (Å²) in [7, 11) is 2.51. The number of hydrogen-bond donors (Lipinski definition) is 1. The van der Waals surface area contributed by atoms with Crippen molar-refractivity contribution in [2.24, 2.45) is 0 Å². The van der Waals surface area contributed by atoms with E-state index in [4.69, 9.17) is 4.74 Å². The van der Waals surface area contributed by atoms with E-state index in [-0.39, 0.29) is 5.82 Å². The molecule has 11 nitrogen and oxygen atoms in total. The van der Waals surface area contributed by atoms with Gasteiger partial charge in [0.15, 0.2) is 6.54 Å². The molecule has 0 aromatic carbocycles. The summed E-state index contributed by atoms with van der Waals surface area (Å²) in [5.74, 6) is -2.65. The van der Waals surface area contributed by atoms with Crippen LogP contribution in [0.25, 0.3) is 0 Å². The normalized spacial score (nSPS) is 11.8. The number of nitrogens with zero attached hydrogens (tertiary/aromatic N) is 4. The van der Waals surface area contributed by atoms with Crippen molar-refractivity contribution in [1.29, 1.82) is 0 Å². The standard InChI is InChI=1S/C9H13N5O6/c1-5(19-2)10-8(16)7-11-9(14(17)18)12-13(7)4-6(15)20-3/h5H,4H2,1-3H3,(H,10,16). The van der Waals surface area contributed by atoms with E-state index in [0.29, 0.717) is 0 Å². The summed E-state index contributed by atoms with van der Waals surface area (Å²) in [5, 5.41) is 16.4. The molecule has 1 amide bonds. The SMILES string of the molecule is COC(=O)Cn1nc([N+](=O)[O-])nc1C(=O)NC(C)OC. The summed E-state index contributed by atoms with van der Waals surface area (Å²) in [6.45, 7) is 1.08. The highest BCUT2D eigenvalue weighted by Gasteiger charge is 2.29. The Labute approximate surface area is 113 Å². The smallest absolute Gasteiger partial charge is 0.468 e. The van der Waals surface area contributed by atoms with Crippen molar-refractivity contribution in [3.63, 3.8) is 0 Å². The van der Waals surface area contributed by atoms with Crippen LogP contribution in [0.3, 0.4) is 0 Å². The fourth-order valence-corrected chi connectivity index (χ4v) is 1.18. The van der Waals surface area contributed by atoms with Crippen molar-refractivity contribution in [2.75, 3.05) is 14.2 Å². The van der Waals surface area contributed by atoms with E-state index < -0.39 is 35.5 Å². The maximum atomic E-state index is 11.9. The molecule has 0 spiro atoms. The Morgan fingerprint density at radius 1 is 1.50 bits per heavy atom. The molecule has 1 N–H and O–H groups in total. The first-order chi connectivity index (χ1) is 9.38. The number of amides is 1. The zero-order valence-corrected chi connectivity index (χ0v) is 11.0. The molecule has 1 aromatic rings. The van der Waals surface area contributed by atoms with Crippen LogP contribution < -0.4 is 5.32 Å². The number of nitrogens with one attached hydrogen (secondary N) is 1. The van der Waals surface area contributed by atoms with Gasteiger partial charge in [0.25, 0.3) is 0 Å². The number of ether oxygens (including phenoxy) is 2. The van der Waals surface area contributed by atoms with Crippen molar-refractivity contribution in [3.05, 3.63) is 15.9 Å². The number of hydrogen-bond acceptors (Lipinski definition) is 8. The molecule has 0 fully saturated rings. The summed E-state index contributed by atoms with van der Waals surface area (Å²) >= 11 is 0. The lowest BCUT2D eigenvalue weighted by atomic mass is 10.5. The summed E-state index contributed by atoms with van der Waals surface area (Å²) in [5.41, 5.74) is 0. The van der Waals surface area contributed by atoms with Crippen LogP contribution in [-0.4, -0.2) is 52.0 Å². The van der Waals surface area contributed by atoms with Gasteiger partial charge >= 0.3 is 23.6 Å². The predicted octanol–water partition coefficient (Wildman–Crippen LogP) is -0.918. The Morgan fingerprint density at radius 3 is 2.65 bits per heavy atom. The number of rotatable bonds is 6. The molecule has 1 atom stereocenters. The quantitative estimate of drug-likeness (QED) is 0.307. The van der Waals surface area contributed by atoms with Gasteiger partial charge in [-0.15, -0.1) is 0 Å². The molecule has 1 rings (SSSR count). The van der Waals surface area contributed by atoms with Gasteiger partial charge in [0.05, 0.1) is 7.11 Å². The van der Waals surface area contributed by atoms with Gasteiger partial charge in [-0.05, 0) is 16.8 Å². The van der Waals surface area contributed by atoms with E-state index in [1.165, 1.54) is 7.11 Å². The van der Waals surface area contributed by atoms with Gasteiger partial charge in [0.2, 0.25) is 0 Å². The second-order valence-electron chi connectivity index (χ2n) is 3.58. The molecular formula is C9H13N5O6. The van der Waals surface area contributed by atoms with E-state index in [1.807, 2.05) is 0 Å². The lowest BCUT2D eigenvalue weighted by Crippen LogP contribution is -2.36. The third kappa shape index (κ3) is 3.71. The topological polar surface area (TPSA) is 138 Å². The van der Waals surface area contributed by atoms with Crippen LogP contribution in [0, 0.1) is 10.1 Å². The molecule has 11 heteroatoms. The van der Waals surface area contributed by atoms with E-state index in [9.17, 15) is 19.7 Å². The van der Waals surface area contributed by atoms with Crippen molar-refractivity contribution >= 4 is 17.8 Å². The lowest BCUT2D eigenvalue weighted by molar-refractivity contribution is -0.394. The van der Waals surface area contributed by atoms with E-state index in [1.54, 1.807) is 6.92 Å². The monoisotopic (exact) mass is 287 g/mol. The molecule has 0 aliphatic rings. The summed E-state index contributed by atoms with van der Waals surface area (Å²) in [6, 6.07) is 0. The van der Waals surface area contributed by atoms with Crippen LogP contribution in [0.1, 0.15) is 17.5 Å². The Bertz CT molecular complexity index is 527. The number of esters is 1. The number of aromatic nitrogens is 3. The van der Waals surface area contributed by atoms with Gasteiger partial charge in [-0.1, -0.05) is 0 Å². The van der Waals surface area contributed by atoms with Crippen molar-refractivity contribution < 1.29 is 24.0 Å². The van der Waals surface area contributed by atoms with E-state index in [2.05, 4.69) is 20.1 Å². The number of carbonyl (C=O) groups is 2. The van der Waals surface area contributed by atoms with Crippen LogP contribution in [0.2, 0.25) is 0 Å². The third-order valence-electron chi connectivity index (χ3n) is 2.22. The molecule has 1 heterocycles. The van der Waals surface area contributed by atoms with Crippen molar-refractivity contribution in [3.8, 4) is 0 Å². The van der Waals surface area contributed by atoms with Crippen molar-refractivity contribution in [1.82, 2.24) is 20.1 Å². The molecule has 0 bridgehead atoms. The molecule has 20 heavy (non-hydrogen) atoms. The highest BCUT2D eigenvalue weighted by molar-refractivity contribution is 5.91. The Morgan fingerprint density at radius 2 is 2.15 bits per heavy atom. The minimum Gasteiger partial charge on any atom is -0.468 e. The van der Waals surface area contributed by atoms with Crippen LogP contribution >= 0.6 is 0 Å². The molecule has 0 saturated carbocycles. The summed E-state index contributed by atoms with van der Waals surface area (Å²) in [4.78, 5) is 36.2. The summed E-state index contributed by atoms with van der Waals surface area (Å²) in [6.07, 6.45) is -0.634. The van der Waals surface area contributed by atoms with Crippen LogP contribution in [0.4, 0.5) is 5.95 Å². The Kier molecular flexibility index (Phi) is 5.08. The number of methoxy groups -OCH3 is 2. The lowest BCUT2D eigenvalue weighted by Gasteiger charge is -2.09. The third-order valence-corrected chi connectivity index (χ3v) is 2.22. The fraction of sp³-hybridized carbons (Fsp3) is 0.556. The second kappa shape index (κ2) is 6.56. The Balaban J connectivity index is 3.05. The maximum Gasteiger partial charge on any atom is 0.491 e. The molecule has 0 aliphatic heterocycles. The fourth-order valence-electron chi connectivity index (χ4n) is 1.18.